The molecule has 0 saturated carbocycles. The van der Waals surface area contributed by atoms with Crippen LogP contribution < -0.4 is 9.47 Å². The predicted octanol–water partition coefficient (Wildman–Crippen LogP) is 1.05. The first-order chi connectivity index (χ1) is 7.09. The van der Waals surface area contributed by atoms with Crippen molar-refractivity contribution in [1.29, 1.82) is 0 Å². The monoisotopic (exact) mass is 214 g/mol. The van der Waals surface area contributed by atoms with Gasteiger partial charge in [0.15, 0.2) is 17.7 Å². The zero-order valence-corrected chi connectivity index (χ0v) is 8.11. The van der Waals surface area contributed by atoms with E-state index in [4.69, 9.17) is 9.47 Å². The molecule has 2 rings (SSSR count). The zero-order valence-electron chi connectivity index (χ0n) is 8.11. The van der Waals surface area contributed by atoms with E-state index in [1.54, 1.807) is 0 Å². The van der Waals surface area contributed by atoms with Gasteiger partial charge in [0.25, 0.3) is 0 Å². The highest BCUT2D eigenvalue weighted by molar-refractivity contribution is 5.52. The number of benzene rings is 1. The van der Waals surface area contributed by atoms with E-state index in [9.17, 15) is 14.6 Å². The third-order valence-electron chi connectivity index (χ3n) is 2.24. The van der Waals surface area contributed by atoms with Crippen molar-refractivity contribution in [2.45, 2.75) is 19.1 Å². The summed E-state index contributed by atoms with van der Waals surface area (Å²) in [4.78, 5) is 0. The highest BCUT2D eigenvalue weighted by atomic mass is 19.1. The first kappa shape index (κ1) is 10.0. The van der Waals surface area contributed by atoms with Crippen LogP contribution in [0.3, 0.4) is 0 Å². The second kappa shape index (κ2) is 3.58. The van der Waals surface area contributed by atoms with Gasteiger partial charge in [0.2, 0.25) is 11.5 Å². The fourth-order valence-electron chi connectivity index (χ4n) is 1.37. The molecule has 1 unspecified atom stereocenters. The van der Waals surface area contributed by atoms with E-state index in [2.05, 4.69) is 0 Å². The maximum atomic E-state index is 13.2. The molecule has 4 nitrogen and oxygen atoms in total. The summed E-state index contributed by atoms with van der Waals surface area (Å²) < 4.78 is 23.5. The lowest BCUT2D eigenvalue weighted by molar-refractivity contribution is -0.00430. The first-order valence-corrected chi connectivity index (χ1v) is 4.58. The molecule has 0 radical (unpaired) electrons. The number of aliphatic hydroxyl groups excluding tert-OH is 1. The van der Waals surface area contributed by atoms with Crippen molar-refractivity contribution in [1.82, 2.24) is 0 Å². The molecule has 1 aliphatic rings. The molecule has 0 bridgehead atoms. The van der Waals surface area contributed by atoms with Crippen LogP contribution in [0, 0.1) is 5.82 Å². The molecule has 1 aromatic rings. The molecular formula is C10H11FO4. The van der Waals surface area contributed by atoms with Gasteiger partial charge in [0.1, 0.15) is 6.61 Å². The minimum absolute atomic E-state index is 0.0489. The second-order valence-corrected chi connectivity index (χ2v) is 3.43. The quantitative estimate of drug-likeness (QED) is 0.733. The molecule has 0 fully saturated rings. The Labute approximate surface area is 85.9 Å². The summed E-state index contributed by atoms with van der Waals surface area (Å²) in [5, 5.41) is 18.7. The number of fused-ring (bicyclic) bond motifs is 1. The van der Waals surface area contributed by atoms with Crippen LogP contribution in [0.15, 0.2) is 12.1 Å². The molecule has 0 spiro atoms. The van der Waals surface area contributed by atoms with Gasteiger partial charge in [0, 0.05) is 0 Å². The smallest absolute Gasteiger partial charge is 0.206 e. The fourth-order valence-corrected chi connectivity index (χ4v) is 1.37. The largest absolute Gasteiger partial charge is 0.504 e. The summed E-state index contributed by atoms with van der Waals surface area (Å²) in [6, 6.07) is 2.28. The number of ether oxygens (including phenoxy) is 2. The Morgan fingerprint density at radius 3 is 2.87 bits per heavy atom. The van der Waals surface area contributed by atoms with Crippen LogP contribution in [-0.2, 0) is 0 Å². The van der Waals surface area contributed by atoms with Crippen molar-refractivity contribution in [3.05, 3.63) is 17.9 Å². The zero-order chi connectivity index (χ0) is 11.0. The van der Waals surface area contributed by atoms with Crippen LogP contribution in [0.4, 0.5) is 4.39 Å². The number of phenolic OH excluding ortho intramolecular Hbond substituents is 1. The fraction of sp³-hybridized carbons (Fsp3) is 0.400. The number of rotatable bonds is 1. The molecule has 2 N–H and O–H groups in total. The number of halogens is 1. The molecule has 1 heterocycles. The molecular weight excluding hydrogens is 203 g/mol. The van der Waals surface area contributed by atoms with Crippen LogP contribution in [-0.4, -0.2) is 29.0 Å². The molecule has 15 heavy (non-hydrogen) atoms. The lowest BCUT2D eigenvalue weighted by Gasteiger charge is -2.28. The van der Waals surface area contributed by atoms with Crippen molar-refractivity contribution < 1.29 is 24.1 Å². The maximum Gasteiger partial charge on any atom is 0.206 e. The normalized spacial score (nSPS) is 21.1. The minimum atomic E-state index is -0.749. The van der Waals surface area contributed by atoms with E-state index >= 15 is 0 Å². The maximum absolute atomic E-state index is 13.2. The lowest BCUT2D eigenvalue weighted by Crippen LogP contribution is -2.38. The lowest BCUT2D eigenvalue weighted by atomic mass is 10.2. The number of hydrogen-bond acceptors (Lipinski definition) is 4. The SMILES string of the molecule is C[C@@H](O)C1COc2c(F)ccc(O)c2O1. The first-order valence-electron chi connectivity index (χ1n) is 4.58. The molecule has 0 aromatic heterocycles. The molecule has 5 heteroatoms. The van der Waals surface area contributed by atoms with Crippen molar-refractivity contribution in [2.75, 3.05) is 6.61 Å². The number of aromatic hydroxyl groups is 1. The van der Waals surface area contributed by atoms with Gasteiger partial charge < -0.3 is 19.7 Å². The number of phenols is 1. The number of hydrogen-bond donors (Lipinski definition) is 2. The summed E-state index contributed by atoms with van der Waals surface area (Å²) in [6.45, 7) is 1.60. The van der Waals surface area contributed by atoms with Crippen molar-refractivity contribution in [2.24, 2.45) is 0 Å². The second-order valence-electron chi connectivity index (χ2n) is 3.43. The van der Waals surface area contributed by atoms with E-state index in [0.29, 0.717) is 0 Å². The van der Waals surface area contributed by atoms with E-state index in [1.165, 1.54) is 13.0 Å². The molecule has 82 valence electrons. The predicted molar refractivity (Wildman–Crippen MR) is 49.7 cm³/mol. The van der Waals surface area contributed by atoms with Gasteiger partial charge in [0.05, 0.1) is 6.10 Å². The highest BCUT2D eigenvalue weighted by Crippen LogP contribution is 2.41. The average molecular weight is 214 g/mol. The Balaban J connectivity index is 2.36. The Kier molecular flexibility index (Phi) is 2.40. The van der Waals surface area contributed by atoms with Gasteiger partial charge in [-0.1, -0.05) is 0 Å². The van der Waals surface area contributed by atoms with Crippen LogP contribution in [0.1, 0.15) is 6.92 Å². The summed E-state index contributed by atoms with van der Waals surface area (Å²) in [7, 11) is 0. The molecule has 0 aliphatic carbocycles. The molecule has 2 atom stereocenters. The third-order valence-corrected chi connectivity index (χ3v) is 2.24. The van der Waals surface area contributed by atoms with Gasteiger partial charge in [-0.3, -0.25) is 0 Å². The van der Waals surface area contributed by atoms with Crippen LogP contribution in [0.25, 0.3) is 0 Å². The van der Waals surface area contributed by atoms with Crippen LogP contribution in [0.5, 0.6) is 17.2 Å². The summed E-state index contributed by atoms with van der Waals surface area (Å²) in [5.74, 6) is -0.942. The van der Waals surface area contributed by atoms with Gasteiger partial charge in [-0.05, 0) is 19.1 Å². The Hall–Kier alpha value is -1.49. The van der Waals surface area contributed by atoms with Crippen LogP contribution in [0.2, 0.25) is 0 Å². The topological polar surface area (TPSA) is 58.9 Å². The highest BCUT2D eigenvalue weighted by Gasteiger charge is 2.29. The standard InChI is InChI=1S/C10H11FO4/c1-5(12)8-4-14-9-6(11)2-3-7(13)10(9)15-8/h2-3,5,8,12-13H,4H2,1H3/t5-,8?/m1/s1. The van der Waals surface area contributed by atoms with Crippen LogP contribution >= 0.6 is 0 Å². The average Bonchev–Trinajstić information content (AvgIpc) is 2.23. The summed E-state index contributed by atoms with van der Waals surface area (Å²) in [6.07, 6.45) is -1.34. The Bertz CT molecular complexity index is 378. The number of aliphatic hydroxyl groups is 1. The van der Waals surface area contributed by atoms with E-state index < -0.39 is 18.0 Å². The van der Waals surface area contributed by atoms with E-state index in [1.807, 2.05) is 0 Å². The molecule has 0 saturated heterocycles. The summed E-state index contributed by atoms with van der Waals surface area (Å²) >= 11 is 0. The van der Waals surface area contributed by atoms with Gasteiger partial charge in [-0.25, -0.2) is 4.39 Å². The van der Waals surface area contributed by atoms with Gasteiger partial charge in [-0.15, -0.1) is 0 Å². The van der Waals surface area contributed by atoms with Gasteiger partial charge in [-0.2, -0.15) is 0 Å². The Morgan fingerprint density at radius 1 is 1.47 bits per heavy atom. The molecule has 0 amide bonds. The van der Waals surface area contributed by atoms with E-state index in [0.717, 1.165) is 6.07 Å². The van der Waals surface area contributed by atoms with Crippen molar-refractivity contribution >= 4 is 0 Å². The van der Waals surface area contributed by atoms with Crippen molar-refractivity contribution in [3.8, 4) is 17.2 Å². The van der Waals surface area contributed by atoms with E-state index in [-0.39, 0.29) is 23.9 Å². The Morgan fingerprint density at radius 2 is 2.20 bits per heavy atom. The molecule has 1 aliphatic heterocycles. The third kappa shape index (κ3) is 1.70. The molecule has 1 aromatic carbocycles. The van der Waals surface area contributed by atoms with Gasteiger partial charge >= 0.3 is 0 Å². The van der Waals surface area contributed by atoms with Crippen molar-refractivity contribution in [3.63, 3.8) is 0 Å². The summed E-state index contributed by atoms with van der Waals surface area (Å²) in [5.41, 5.74) is 0. The minimum Gasteiger partial charge on any atom is -0.504 e.